The smallest absolute Gasteiger partial charge is 0.348 e. The van der Waals surface area contributed by atoms with Crippen molar-refractivity contribution >= 4 is 57.9 Å². The number of carbonyl (C=O) groups is 3. The third kappa shape index (κ3) is 6.25. The van der Waals surface area contributed by atoms with Gasteiger partial charge in [0.15, 0.2) is 5.78 Å². The number of carboxylic acid groups (broad SMARTS) is 1. The monoisotopic (exact) mass is 567 g/mol. The highest BCUT2D eigenvalue weighted by atomic mass is 35.5. The van der Waals surface area contributed by atoms with Gasteiger partial charge in [-0.15, -0.1) is 11.3 Å². The van der Waals surface area contributed by atoms with Crippen molar-refractivity contribution in [2.45, 2.75) is 13.8 Å². The van der Waals surface area contributed by atoms with Crippen molar-refractivity contribution in [1.82, 2.24) is 0 Å². The van der Waals surface area contributed by atoms with Crippen LogP contribution >= 0.6 is 34.5 Å². The van der Waals surface area contributed by atoms with Crippen molar-refractivity contribution < 1.29 is 24.2 Å². The standard InChI is InChI=1S/C29H23Cl2NO5S/c1-17(2)25(33)16-32(28(34)22-13-10-19(30)14-23(22)31)24-15-26(38-27(24)29(35)36)18-8-11-21(12-9-18)37-20-6-4-3-5-7-20/h3-15,17H,16H2,1-2H3,(H,35,36). The quantitative estimate of drug-likeness (QED) is 0.221. The van der Waals surface area contributed by atoms with Crippen LogP contribution < -0.4 is 9.64 Å². The molecule has 4 aromatic rings. The maximum Gasteiger partial charge on any atom is 0.348 e. The Morgan fingerprint density at radius 3 is 2.18 bits per heavy atom. The molecular formula is C29H23Cl2NO5S. The molecule has 0 aliphatic rings. The number of thiophene rings is 1. The number of ether oxygens (including phenoxy) is 1. The van der Waals surface area contributed by atoms with E-state index in [1.54, 1.807) is 44.2 Å². The Morgan fingerprint density at radius 2 is 1.58 bits per heavy atom. The summed E-state index contributed by atoms with van der Waals surface area (Å²) in [6.45, 7) is 3.13. The van der Waals surface area contributed by atoms with Gasteiger partial charge in [-0.3, -0.25) is 14.5 Å². The van der Waals surface area contributed by atoms with Gasteiger partial charge < -0.3 is 9.84 Å². The summed E-state index contributed by atoms with van der Waals surface area (Å²) in [7, 11) is 0. The Bertz CT molecular complexity index is 1480. The second-order valence-corrected chi connectivity index (χ2v) is 10.6. The first-order valence-corrected chi connectivity index (χ1v) is 13.2. The maximum absolute atomic E-state index is 13.6. The SMILES string of the molecule is CC(C)C(=O)CN(C(=O)c1ccc(Cl)cc1Cl)c1cc(-c2ccc(Oc3ccccc3)cc2)sc1C(=O)O. The molecule has 1 amide bonds. The van der Waals surface area contributed by atoms with E-state index in [9.17, 15) is 19.5 Å². The number of carboxylic acids is 1. The molecule has 0 saturated heterocycles. The molecule has 1 N–H and O–H groups in total. The topological polar surface area (TPSA) is 83.9 Å². The molecule has 0 aliphatic carbocycles. The molecule has 3 aromatic carbocycles. The predicted molar refractivity (Wildman–Crippen MR) is 151 cm³/mol. The normalized spacial score (nSPS) is 10.9. The Morgan fingerprint density at radius 1 is 0.921 bits per heavy atom. The lowest BCUT2D eigenvalue weighted by Gasteiger charge is -2.23. The molecule has 0 spiro atoms. The highest BCUT2D eigenvalue weighted by Crippen LogP contribution is 2.39. The number of aromatic carboxylic acids is 1. The number of ketones is 1. The number of benzene rings is 3. The molecule has 0 radical (unpaired) electrons. The van der Waals surface area contributed by atoms with E-state index in [1.165, 1.54) is 23.1 Å². The van der Waals surface area contributed by atoms with E-state index in [-0.39, 0.29) is 39.4 Å². The summed E-state index contributed by atoms with van der Waals surface area (Å²) in [6, 6.07) is 22.5. The Kier molecular flexibility index (Phi) is 8.52. The van der Waals surface area contributed by atoms with E-state index >= 15 is 0 Å². The summed E-state index contributed by atoms with van der Waals surface area (Å²) in [4.78, 5) is 40.3. The molecule has 0 unspecified atom stereocenters. The number of anilines is 1. The Labute approximate surface area is 234 Å². The van der Waals surface area contributed by atoms with Crippen LogP contribution in [0.4, 0.5) is 5.69 Å². The van der Waals surface area contributed by atoms with Gasteiger partial charge in [0.1, 0.15) is 16.4 Å². The number of halogens is 2. The number of nitrogens with zero attached hydrogens (tertiary/aromatic N) is 1. The number of hydrogen-bond acceptors (Lipinski definition) is 5. The van der Waals surface area contributed by atoms with Gasteiger partial charge in [0.05, 0.1) is 22.8 Å². The zero-order chi connectivity index (χ0) is 27.4. The fraction of sp³-hybridized carbons (Fsp3) is 0.138. The zero-order valence-corrected chi connectivity index (χ0v) is 22.8. The summed E-state index contributed by atoms with van der Waals surface area (Å²) in [6.07, 6.45) is 0. The lowest BCUT2D eigenvalue weighted by molar-refractivity contribution is -0.120. The minimum atomic E-state index is -1.21. The maximum atomic E-state index is 13.6. The van der Waals surface area contributed by atoms with Crippen LogP contribution in [0.25, 0.3) is 10.4 Å². The molecule has 1 heterocycles. The summed E-state index contributed by atoms with van der Waals surface area (Å²) in [5, 5.41) is 10.4. The molecule has 1 aromatic heterocycles. The molecule has 0 aliphatic heterocycles. The number of rotatable bonds is 9. The van der Waals surface area contributed by atoms with Crippen LogP contribution in [-0.2, 0) is 4.79 Å². The van der Waals surface area contributed by atoms with Crippen molar-refractivity contribution in [3.8, 4) is 21.9 Å². The van der Waals surface area contributed by atoms with E-state index < -0.39 is 11.9 Å². The van der Waals surface area contributed by atoms with Crippen molar-refractivity contribution in [2.24, 2.45) is 5.92 Å². The third-order valence-electron chi connectivity index (χ3n) is 5.68. The molecule has 38 heavy (non-hydrogen) atoms. The van der Waals surface area contributed by atoms with E-state index in [1.807, 2.05) is 30.3 Å². The van der Waals surface area contributed by atoms with Gasteiger partial charge in [0.2, 0.25) is 0 Å². The fourth-order valence-electron chi connectivity index (χ4n) is 3.60. The van der Waals surface area contributed by atoms with Gasteiger partial charge >= 0.3 is 5.97 Å². The molecule has 0 atom stereocenters. The van der Waals surface area contributed by atoms with Gasteiger partial charge in [-0.25, -0.2) is 4.79 Å². The van der Waals surface area contributed by atoms with E-state index in [0.29, 0.717) is 21.4 Å². The van der Waals surface area contributed by atoms with Gasteiger partial charge in [-0.05, 0) is 66.2 Å². The van der Waals surface area contributed by atoms with Crippen LogP contribution in [-0.4, -0.2) is 29.3 Å². The summed E-state index contributed by atoms with van der Waals surface area (Å²) < 4.78 is 5.84. The van der Waals surface area contributed by atoms with Gasteiger partial charge in [-0.2, -0.15) is 0 Å². The minimum absolute atomic E-state index is 0.0698. The predicted octanol–water partition coefficient (Wildman–Crippen LogP) is 8.08. The first kappa shape index (κ1) is 27.4. The number of para-hydroxylation sites is 1. The average Bonchev–Trinajstić information content (AvgIpc) is 3.33. The second-order valence-electron chi connectivity index (χ2n) is 8.71. The van der Waals surface area contributed by atoms with Crippen LogP contribution in [0.2, 0.25) is 10.0 Å². The third-order valence-corrected chi connectivity index (χ3v) is 7.39. The van der Waals surface area contributed by atoms with Gasteiger partial charge in [0, 0.05) is 15.8 Å². The van der Waals surface area contributed by atoms with Crippen molar-refractivity contribution in [3.05, 3.63) is 99.3 Å². The summed E-state index contributed by atoms with van der Waals surface area (Å²) in [5.74, 6) is -1.09. The molecule has 0 bridgehead atoms. The molecule has 4 rings (SSSR count). The largest absolute Gasteiger partial charge is 0.477 e. The lowest BCUT2D eigenvalue weighted by atomic mass is 10.1. The molecule has 0 saturated carbocycles. The van der Waals surface area contributed by atoms with Gasteiger partial charge in [-0.1, -0.05) is 55.2 Å². The molecule has 9 heteroatoms. The summed E-state index contributed by atoms with van der Waals surface area (Å²) in [5.41, 5.74) is 0.961. The van der Waals surface area contributed by atoms with Crippen molar-refractivity contribution in [2.75, 3.05) is 11.4 Å². The van der Waals surface area contributed by atoms with Crippen LogP contribution in [0.1, 0.15) is 33.9 Å². The molecule has 6 nitrogen and oxygen atoms in total. The Hall–Kier alpha value is -3.65. The Balaban J connectivity index is 1.72. The number of carbonyl (C=O) groups excluding carboxylic acids is 2. The van der Waals surface area contributed by atoms with Crippen molar-refractivity contribution in [3.63, 3.8) is 0 Å². The van der Waals surface area contributed by atoms with E-state index in [2.05, 4.69) is 0 Å². The van der Waals surface area contributed by atoms with Gasteiger partial charge in [0.25, 0.3) is 5.91 Å². The van der Waals surface area contributed by atoms with Crippen LogP contribution in [0, 0.1) is 5.92 Å². The highest BCUT2D eigenvalue weighted by Gasteiger charge is 2.29. The van der Waals surface area contributed by atoms with E-state index in [4.69, 9.17) is 27.9 Å². The van der Waals surface area contributed by atoms with Crippen molar-refractivity contribution in [1.29, 1.82) is 0 Å². The highest BCUT2D eigenvalue weighted by molar-refractivity contribution is 7.18. The lowest BCUT2D eigenvalue weighted by Crippen LogP contribution is -2.38. The van der Waals surface area contributed by atoms with E-state index in [0.717, 1.165) is 16.9 Å². The first-order chi connectivity index (χ1) is 18.1. The molecular weight excluding hydrogens is 545 g/mol. The average molecular weight is 568 g/mol. The van der Waals surface area contributed by atoms with Crippen LogP contribution in [0.15, 0.2) is 78.9 Å². The number of Topliss-reactive ketones (excluding diaryl/α,β-unsaturated/α-hetero) is 1. The molecule has 194 valence electrons. The van der Waals surface area contributed by atoms with Crippen LogP contribution in [0.5, 0.6) is 11.5 Å². The first-order valence-electron chi connectivity index (χ1n) is 11.6. The fourth-order valence-corrected chi connectivity index (χ4v) is 5.10. The molecule has 0 fully saturated rings. The number of amides is 1. The minimum Gasteiger partial charge on any atom is -0.477 e. The van der Waals surface area contributed by atoms with Crippen LogP contribution in [0.3, 0.4) is 0 Å². The number of hydrogen-bond donors (Lipinski definition) is 1. The second kappa shape index (κ2) is 11.8. The zero-order valence-electron chi connectivity index (χ0n) is 20.5. The summed E-state index contributed by atoms with van der Waals surface area (Å²) >= 11 is 13.3.